The largest absolute Gasteiger partial charge is 0.393 e. The predicted octanol–water partition coefficient (Wildman–Crippen LogP) is 2.18. The summed E-state index contributed by atoms with van der Waals surface area (Å²) in [4.78, 5) is 3.43. The van der Waals surface area contributed by atoms with Gasteiger partial charge in [-0.25, -0.2) is 17.8 Å². The van der Waals surface area contributed by atoms with Crippen molar-refractivity contribution in [2.45, 2.75) is 24.0 Å². The lowest BCUT2D eigenvalue weighted by Crippen LogP contribution is -2.44. The maximum atomic E-state index is 13.5. The number of piperidine rings is 1. The zero-order valence-corrected chi connectivity index (χ0v) is 11.1. The normalized spacial score (nSPS) is 21.9. The van der Waals surface area contributed by atoms with E-state index in [0.29, 0.717) is 4.31 Å². The van der Waals surface area contributed by atoms with Crippen LogP contribution in [0.3, 0.4) is 0 Å². The van der Waals surface area contributed by atoms with Crippen LogP contribution < -0.4 is 0 Å². The summed E-state index contributed by atoms with van der Waals surface area (Å²) < 4.78 is 76.4. The van der Waals surface area contributed by atoms with Gasteiger partial charge in [0.25, 0.3) is 10.0 Å². The van der Waals surface area contributed by atoms with Crippen molar-refractivity contribution in [3.05, 3.63) is 24.1 Å². The summed E-state index contributed by atoms with van der Waals surface area (Å²) in [6.07, 6.45) is -3.42. The Morgan fingerprint density at radius 3 is 2.65 bits per heavy atom. The van der Waals surface area contributed by atoms with Crippen LogP contribution in [0.1, 0.15) is 12.8 Å². The number of sulfonamides is 1. The summed E-state index contributed by atoms with van der Waals surface area (Å²) in [7, 11) is -4.34. The summed E-state index contributed by atoms with van der Waals surface area (Å²) in [5, 5.41) is -0.831. The highest BCUT2D eigenvalue weighted by molar-refractivity contribution is 7.89. The number of aromatic nitrogens is 1. The molecule has 2 heterocycles. The predicted molar refractivity (Wildman–Crippen MR) is 61.7 cm³/mol. The topological polar surface area (TPSA) is 50.3 Å². The van der Waals surface area contributed by atoms with Gasteiger partial charge in [-0.2, -0.15) is 17.5 Å². The van der Waals surface area contributed by atoms with E-state index in [2.05, 4.69) is 4.98 Å². The fourth-order valence-electron chi connectivity index (χ4n) is 2.11. The van der Waals surface area contributed by atoms with Gasteiger partial charge in [0.05, 0.1) is 5.92 Å². The molecule has 0 amide bonds. The SMILES string of the molecule is O=S(=O)(c1ncccc1F)N1CCCC(C(F)(F)F)C1. The standard InChI is InChI=1S/C11H12F4N2O2S/c12-9-4-1-5-16-10(9)20(18,19)17-6-2-3-8(7-17)11(13,14)15/h1,4-5,8H,2-3,6-7H2. The Morgan fingerprint density at radius 1 is 1.35 bits per heavy atom. The average molecular weight is 312 g/mol. The first-order valence-corrected chi connectivity index (χ1v) is 7.34. The fourth-order valence-corrected chi connectivity index (χ4v) is 3.61. The molecule has 9 heteroatoms. The first-order chi connectivity index (χ1) is 9.23. The Labute approximate surface area is 113 Å². The van der Waals surface area contributed by atoms with Crippen LogP contribution >= 0.6 is 0 Å². The van der Waals surface area contributed by atoms with E-state index in [1.165, 1.54) is 6.07 Å². The molecule has 0 spiro atoms. The number of pyridine rings is 1. The third-order valence-electron chi connectivity index (χ3n) is 3.16. The Balaban J connectivity index is 2.29. The summed E-state index contributed by atoms with van der Waals surface area (Å²) >= 11 is 0. The van der Waals surface area contributed by atoms with E-state index in [4.69, 9.17) is 0 Å². The minimum absolute atomic E-state index is 0.0646. The van der Waals surface area contributed by atoms with Crippen molar-refractivity contribution in [1.29, 1.82) is 0 Å². The number of alkyl halides is 3. The minimum Gasteiger partial charge on any atom is -0.241 e. The van der Waals surface area contributed by atoms with Crippen LogP contribution in [0.2, 0.25) is 0 Å². The van der Waals surface area contributed by atoms with Gasteiger partial charge in [-0.15, -0.1) is 0 Å². The Bertz CT molecular complexity index is 588. The Kier molecular flexibility index (Phi) is 4.01. The van der Waals surface area contributed by atoms with Gasteiger partial charge in [0.1, 0.15) is 0 Å². The Hall–Kier alpha value is -1.22. The van der Waals surface area contributed by atoms with Crippen molar-refractivity contribution in [2.75, 3.05) is 13.1 Å². The van der Waals surface area contributed by atoms with E-state index >= 15 is 0 Å². The van der Waals surface area contributed by atoms with Crippen molar-refractivity contribution in [3.8, 4) is 0 Å². The molecule has 0 aliphatic carbocycles. The van der Waals surface area contributed by atoms with Crippen molar-refractivity contribution in [3.63, 3.8) is 0 Å². The highest BCUT2D eigenvalue weighted by Crippen LogP contribution is 2.34. The third-order valence-corrected chi connectivity index (χ3v) is 4.96. The molecule has 0 N–H and O–H groups in total. The highest BCUT2D eigenvalue weighted by atomic mass is 32.2. The van der Waals surface area contributed by atoms with Crippen LogP contribution in [0.25, 0.3) is 0 Å². The van der Waals surface area contributed by atoms with E-state index in [1.807, 2.05) is 0 Å². The molecule has 0 radical (unpaired) electrons. The molecular formula is C11H12F4N2O2S. The zero-order chi connectivity index (χ0) is 15.0. The second-order valence-corrected chi connectivity index (χ2v) is 6.39. The van der Waals surface area contributed by atoms with Crippen LogP contribution in [0, 0.1) is 11.7 Å². The molecule has 1 fully saturated rings. The summed E-state index contributed by atoms with van der Waals surface area (Å²) in [6.45, 7) is -0.757. The van der Waals surface area contributed by atoms with E-state index < -0.39 is 39.5 Å². The molecule has 0 saturated carbocycles. The average Bonchev–Trinajstić information content (AvgIpc) is 2.38. The van der Waals surface area contributed by atoms with Crippen LogP contribution in [0.4, 0.5) is 17.6 Å². The summed E-state index contributed by atoms with van der Waals surface area (Å²) in [6, 6.07) is 2.12. The zero-order valence-electron chi connectivity index (χ0n) is 10.3. The highest BCUT2D eigenvalue weighted by Gasteiger charge is 2.44. The number of hydrogen-bond donors (Lipinski definition) is 0. The van der Waals surface area contributed by atoms with Gasteiger partial charge in [-0.1, -0.05) is 0 Å². The smallest absolute Gasteiger partial charge is 0.241 e. The third kappa shape index (κ3) is 2.93. The summed E-state index contributed by atoms with van der Waals surface area (Å²) in [5.74, 6) is -2.79. The number of nitrogens with zero attached hydrogens (tertiary/aromatic N) is 2. The molecule has 1 aliphatic rings. The molecule has 1 saturated heterocycles. The van der Waals surface area contributed by atoms with Gasteiger partial charge in [0.2, 0.25) is 5.03 Å². The van der Waals surface area contributed by atoms with E-state index in [0.717, 1.165) is 12.3 Å². The number of halogens is 4. The van der Waals surface area contributed by atoms with Gasteiger partial charge in [-0.05, 0) is 25.0 Å². The Morgan fingerprint density at radius 2 is 2.05 bits per heavy atom. The lowest BCUT2D eigenvalue weighted by atomic mass is 9.99. The molecule has 1 unspecified atom stereocenters. The molecular weight excluding hydrogens is 300 g/mol. The number of hydrogen-bond acceptors (Lipinski definition) is 3. The molecule has 0 aromatic carbocycles. The fraction of sp³-hybridized carbons (Fsp3) is 0.545. The maximum Gasteiger partial charge on any atom is 0.393 e. The molecule has 20 heavy (non-hydrogen) atoms. The molecule has 1 aliphatic heterocycles. The van der Waals surface area contributed by atoms with Gasteiger partial charge in [-0.3, -0.25) is 0 Å². The van der Waals surface area contributed by atoms with E-state index in [1.54, 1.807) is 0 Å². The van der Waals surface area contributed by atoms with Crippen molar-refractivity contribution < 1.29 is 26.0 Å². The second-order valence-electron chi connectivity index (χ2n) is 4.53. The first kappa shape index (κ1) is 15.2. The van der Waals surface area contributed by atoms with Gasteiger partial charge >= 0.3 is 6.18 Å². The van der Waals surface area contributed by atoms with E-state index in [9.17, 15) is 26.0 Å². The first-order valence-electron chi connectivity index (χ1n) is 5.90. The molecule has 4 nitrogen and oxygen atoms in total. The molecule has 1 aromatic heterocycles. The van der Waals surface area contributed by atoms with Crippen molar-refractivity contribution in [2.24, 2.45) is 5.92 Å². The monoisotopic (exact) mass is 312 g/mol. The lowest BCUT2D eigenvalue weighted by molar-refractivity contribution is -0.182. The van der Waals surface area contributed by atoms with Gasteiger partial charge in [0, 0.05) is 19.3 Å². The van der Waals surface area contributed by atoms with Crippen LogP contribution in [0.5, 0.6) is 0 Å². The minimum atomic E-state index is -4.46. The molecule has 0 bridgehead atoms. The van der Waals surface area contributed by atoms with E-state index in [-0.39, 0.29) is 19.4 Å². The quantitative estimate of drug-likeness (QED) is 0.787. The molecule has 2 rings (SSSR count). The van der Waals surface area contributed by atoms with Crippen LogP contribution in [-0.2, 0) is 10.0 Å². The maximum absolute atomic E-state index is 13.5. The molecule has 112 valence electrons. The van der Waals surface area contributed by atoms with Crippen molar-refractivity contribution >= 4 is 10.0 Å². The van der Waals surface area contributed by atoms with Crippen molar-refractivity contribution in [1.82, 2.24) is 9.29 Å². The summed E-state index contributed by atoms with van der Waals surface area (Å²) in [5.41, 5.74) is 0. The van der Waals surface area contributed by atoms with Crippen LogP contribution in [0.15, 0.2) is 23.4 Å². The van der Waals surface area contributed by atoms with Gasteiger partial charge < -0.3 is 0 Å². The molecule has 1 atom stereocenters. The van der Waals surface area contributed by atoms with Gasteiger partial charge in [0.15, 0.2) is 5.82 Å². The lowest BCUT2D eigenvalue weighted by Gasteiger charge is -2.32. The molecule has 1 aromatic rings. The second kappa shape index (κ2) is 5.28. The number of rotatable bonds is 2. The van der Waals surface area contributed by atoms with Crippen LogP contribution in [-0.4, -0.2) is 37.0 Å².